The first-order valence-corrected chi connectivity index (χ1v) is 7.18. The van der Waals surface area contributed by atoms with E-state index in [-0.39, 0.29) is 0 Å². The number of aryl methyl sites for hydroxylation is 1. The van der Waals surface area contributed by atoms with Crippen LogP contribution in [0.4, 0.5) is 6.01 Å². The normalized spacial score (nSPS) is 11.3. The van der Waals surface area contributed by atoms with Gasteiger partial charge in [0.2, 0.25) is 0 Å². The van der Waals surface area contributed by atoms with Crippen LogP contribution in [0.15, 0.2) is 29.2 Å². The molecule has 0 aliphatic heterocycles. The zero-order valence-electron chi connectivity index (χ0n) is 12.9. The third-order valence-electron chi connectivity index (χ3n) is 3.12. The number of aromatic nitrogens is 6. The Balaban J connectivity index is 1.61. The molecule has 0 atom stereocenters. The van der Waals surface area contributed by atoms with E-state index in [1.807, 2.05) is 34.9 Å². The number of rotatable bonds is 6. The summed E-state index contributed by atoms with van der Waals surface area (Å²) in [6, 6.07) is 0.370. The standard InChI is InChI=1S/C14H19N7O/c1-10(2)8-21-9-11(7-17-21)6-16-14-19-18-13(22-14)12-15-4-5-20(12)3/h4-5,7,9-10H,6,8H2,1-3H3,(H,16,19). The van der Waals surface area contributed by atoms with Crippen molar-refractivity contribution in [2.45, 2.75) is 26.9 Å². The van der Waals surface area contributed by atoms with Gasteiger partial charge in [0.05, 0.1) is 6.20 Å². The molecule has 3 aromatic rings. The molecule has 0 aliphatic rings. The van der Waals surface area contributed by atoms with Gasteiger partial charge < -0.3 is 14.3 Å². The summed E-state index contributed by atoms with van der Waals surface area (Å²) in [6.07, 6.45) is 7.37. The van der Waals surface area contributed by atoms with Crippen LogP contribution in [0, 0.1) is 5.92 Å². The smallest absolute Gasteiger partial charge is 0.316 e. The minimum absolute atomic E-state index is 0.370. The molecule has 0 saturated carbocycles. The maximum absolute atomic E-state index is 5.56. The first kappa shape index (κ1) is 14.3. The minimum Gasteiger partial charge on any atom is -0.400 e. The predicted molar refractivity (Wildman–Crippen MR) is 80.9 cm³/mol. The maximum Gasteiger partial charge on any atom is 0.316 e. The first-order chi connectivity index (χ1) is 10.6. The molecule has 0 fully saturated rings. The lowest BCUT2D eigenvalue weighted by molar-refractivity contribution is 0.483. The van der Waals surface area contributed by atoms with Gasteiger partial charge >= 0.3 is 6.01 Å². The molecule has 22 heavy (non-hydrogen) atoms. The van der Waals surface area contributed by atoms with Crippen molar-refractivity contribution in [3.05, 3.63) is 30.4 Å². The van der Waals surface area contributed by atoms with Gasteiger partial charge in [0, 0.05) is 44.3 Å². The molecule has 3 aromatic heterocycles. The quantitative estimate of drug-likeness (QED) is 0.748. The molecule has 0 spiro atoms. The minimum atomic E-state index is 0.370. The topological polar surface area (TPSA) is 86.6 Å². The maximum atomic E-state index is 5.56. The number of nitrogens with one attached hydrogen (secondary N) is 1. The van der Waals surface area contributed by atoms with Crippen LogP contribution in [-0.2, 0) is 20.1 Å². The molecular formula is C14H19N7O. The molecule has 0 aliphatic carbocycles. The van der Waals surface area contributed by atoms with E-state index in [2.05, 4.69) is 39.4 Å². The second kappa shape index (κ2) is 6.00. The summed E-state index contributed by atoms with van der Waals surface area (Å²) in [5.74, 6) is 1.60. The van der Waals surface area contributed by atoms with E-state index in [9.17, 15) is 0 Å². The Bertz CT molecular complexity index is 740. The number of hydrogen-bond donors (Lipinski definition) is 1. The Morgan fingerprint density at radius 3 is 2.91 bits per heavy atom. The summed E-state index contributed by atoms with van der Waals surface area (Å²) in [7, 11) is 1.88. The molecule has 0 bridgehead atoms. The third kappa shape index (κ3) is 3.16. The van der Waals surface area contributed by atoms with E-state index in [4.69, 9.17) is 4.42 Å². The highest BCUT2D eigenvalue weighted by molar-refractivity contribution is 5.42. The third-order valence-corrected chi connectivity index (χ3v) is 3.12. The number of nitrogens with zero attached hydrogens (tertiary/aromatic N) is 6. The number of imidazole rings is 1. The van der Waals surface area contributed by atoms with Gasteiger partial charge in [-0.15, -0.1) is 5.10 Å². The van der Waals surface area contributed by atoms with Crippen molar-refractivity contribution in [1.82, 2.24) is 29.5 Å². The first-order valence-electron chi connectivity index (χ1n) is 7.18. The predicted octanol–water partition coefficient (Wildman–Crippen LogP) is 1.93. The summed E-state index contributed by atoms with van der Waals surface area (Å²) in [4.78, 5) is 4.17. The highest BCUT2D eigenvalue weighted by Gasteiger charge is 2.12. The number of anilines is 1. The van der Waals surface area contributed by atoms with Crippen LogP contribution < -0.4 is 5.32 Å². The van der Waals surface area contributed by atoms with E-state index in [1.165, 1.54) is 0 Å². The van der Waals surface area contributed by atoms with Gasteiger partial charge in [-0.05, 0) is 5.92 Å². The van der Waals surface area contributed by atoms with Crippen LogP contribution in [-0.4, -0.2) is 29.5 Å². The molecule has 8 heteroatoms. The molecule has 116 valence electrons. The molecule has 3 heterocycles. The summed E-state index contributed by atoms with van der Waals surface area (Å²) in [6.45, 7) is 5.82. The Morgan fingerprint density at radius 2 is 2.18 bits per heavy atom. The van der Waals surface area contributed by atoms with Gasteiger partial charge in [-0.1, -0.05) is 18.9 Å². The van der Waals surface area contributed by atoms with Gasteiger partial charge in [-0.25, -0.2) is 4.98 Å². The molecule has 0 aromatic carbocycles. The fraction of sp³-hybridized carbons (Fsp3) is 0.429. The molecular weight excluding hydrogens is 282 g/mol. The summed E-state index contributed by atoms with van der Waals surface area (Å²) < 4.78 is 9.32. The van der Waals surface area contributed by atoms with E-state index in [0.29, 0.717) is 30.2 Å². The fourth-order valence-electron chi connectivity index (χ4n) is 2.11. The molecule has 0 radical (unpaired) electrons. The van der Waals surface area contributed by atoms with Gasteiger partial charge in [0.15, 0.2) is 5.82 Å². The Morgan fingerprint density at radius 1 is 1.32 bits per heavy atom. The summed E-state index contributed by atoms with van der Waals surface area (Å²) in [5, 5.41) is 15.4. The highest BCUT2D eigenvalue weighted by atomic mass is 16.4. The van der Waals surface area contributed by atoms with E-state index >= 15 is 0 Å². The van der Waals surface area contributed by atoms with Gasteiger partial charge in [-0.2, -0.15) is 5.10 Å². The zero-order valence-corrected chi connectivity index (χ0v) is 12.9. The average Bonchev–Trinajstić information content (AvgIpc) is 3.16. The lowest BCUT2D eigenvalue weighted by Gasteiger charge is -2.03. The summed E-state index contributed by atoms with van der Waals surface area (Å²) >= 11 is 0. The lowest BCUT2D eigenvalue weighted by Crippen LogP contribution is -2.04. The second-order valence-electron chi connectivity index (χ2n) is 5.59. The van der Waals surface area contributed by atoms with Crippen molar-refractivity contribution < 1.29 is 4.42 Å². The van der Waals surface area contributed by atoms with E-state index < -0.39 is 0 Å². The molecule has 8 nitrogen and oxygen atoms in total. The Hall–Kier alpha value is -2.64. The molecule has 3 rings (SSSR count). The van der Waals surface area contributed by atoms with Crippen molar-refractivity contribution in [1.29, 1.82) is 0 Å². The zero-order chi connectivity index (χ0) is 15.5. The van der Waals surface area contributed by atoms with Crippen molar-refractivity contribution in [3.8, 4) is 11.7 Å². The lowest BCUT2D eigenvalue weighted by atomic mass is 10.2. The average molecular weight is 301 g/mol. The van der Waals surface area contributed by atoms with Crippen molar-refractivity contribution >= 4 is 6.01 Å². The van der Waals surface area contributed by atoms with Gasteiger partial charge in [0.1, 0.15) is 0 Å². The molecule has 0 saturated heterocycles. The van der Waals surface area contributed by atoms with Crippen molar-refractivity contribution in [2.75, 3.05) is 5.32 Å². The van der Waals surface area contributed by atoms with Crippen LogP contribution in [0.3, 0.4) is 0 Å². The van der Waals surface area contributed by atoms with Gasteiger partial charge in [-0.3, -0.25) is 4.68 Å². The molecule has 0 amide bonds. The fourth-order valence-corrected chi connectivity index (χ4v) is 2.11. The van der Waals surface area contributed by atoms with Crippen molar-refractivity contribution in [2.24, 2.45) is 13.0 Å². The van der Waals surface area contributed by atoms with Crippen LogP contribution >= 0.6 is 0 Å². The van der Waals surface area contributed by atoms with Crippen molar-refractivity contribution in [3.63, 3.8) is 0 Å². The highest BCUT2D eigenvalue weighted by Crippen LogP contribution is 2.17. The van der Waals surface area contributed by atoms with Crippen LogP contribution in [0.2, 0.25) is 0 Å². The van der Waals surface area contributed by atoms with Crippen LogP contribution in [0.25, 0.3) is 11.7 Å². The molecule has 0 unspecified atom stereocenters. The largest absolute Gasteiger partial charge is 0.400 e. The number of hydrogen-bond acceptors (Lipinski definition) is 6. The Kier molecular flexibility index (Phi) is 3.90. The van der Waals surface area contributed by atoms with Crippen LogP contribution in [0.1, 0.15) is 19.4 Å². The van der Waals surface area contributed by atoms with Crippen LogP contribution in [0.5, 0.6) is 0 Å². The monoisotopic (exact) mass is 301 g/mol. The second-order valence-corrected chi connectivity index (χ2v) is 5.59. The van der Waals surface area contributed by atoms with E-state index in [1.54, 1.807) is 6.20 Å². The molecule has 1 N–H and O–H groups in total. The summed E-state index contributed by atoms with van der Waals surface area (Å²) in [5.41, 5.74) is 1.07. The Labute approximate surface area is 128 Å². The van der Waals surface area contributed by atoms with Gasteiger partial charge in [0.25, 0.3) is 5.89 Å². The van der Waals surface area contributed by atoms with E-state index in [0.717, 1.165) is 12.1 Å². The SMILES string of the molecule is CC(C)Cn1cc(CNc2nnc(-c3nccn3C)o2)cn1.